The van der Waals surface area contributed by atoms with E-state index in [9.17, 15) is 4.79 Å². The SMILES string of the molecule is Cc1ccc(-c2c(C)noc2C)cc1N(CCCCCOCC(=O)O)c1ccc(-n2ccnc2)c(F)c1. The van der Waals surface area contributed by atoms with E-state index in [1.165, 1.54) is 0 Å². The van der Waals surface area contributed by atoms with Gasteiger partial charge in [-0.2, -0.15) is 0 Å². The molecule has 9 heteroatoms. The zero-order valence-electron chi connectivity index (χ0n) is 21.3. The standard InChI is InChI=1S/C28H31FN4O4/c1-19-7-8-22(28-20(2)31-37-21(28)3)15-26(19)33(12-5-4-6-14-36-17-27(34)35)23-9-10-25(24(29)16-23)32-13-11-30-18-32/h7-11,13,15-16,18H,4-6,12,14,17H2,1-3H3,(H,34,35). The number of hydrogen-bond acceptors (Lipinski definition) is 6. The van der Waals surface area contributed by atoms with Crippen LogP contribution in [0.5, 0.6) is 0 Å². The molecule has 1 N–H and O–H groups in total. The van der Waals surface area contributed by atoms with Crippen molar-refractivity contribution in [3.8, 4) is 16.8 Å². The topological polar surface area (TPSA) is 93.6 Å². The molecule has 2 heterocycles. The number of ether oxygens (including phenoxy) is 1. The molecule has 0 spiro atoms. The highest BCUT2D eigenvalue weighted by Crippen LogP contribution is 2.36. The number of imidazole rings is 1. The Labute approximate surface area is 215 Å². The third kappa shape index (κ3) is 6.24. The van der Waals surface area contributed by atoms with Crippen LogP contribution in [0.25, 0.3) is 16.8 Å². The van der Waals surface area contributed by atoms with Gasteiger partial charge in [-0.3, -0.25) is 0 Å². The Hall–Kier alpha value is -3.98. The Morgan fingerprint density at radius 2 is 1.97 bits per heavy atom. The van der Waals surface area contributed by atoms with Gasteiger partial charge in [-0.25, -0.2) is 14.2 Å². The van der Waals surface area contributed by atoms with E-state index >= 15 is 4.39 Å². The lowest BCUT2D eigenvalue weighted by Gasteiger charge is -2.28. The van der Waals surface area contributed by atoms with Crippen molar-refractivity contribution in [2.45, 2.75) is 40.0 Å². The number of halogens is 1. The fourth-order valence-corrected chi connectivity index (χ4v) is 4.42. The Kier molecular flexibility index (Phi) is 8.35. The first-order valence-electron chi connectivity index (χ1n) is 12.2. The number of carboxylic acid groups (broad SMARTS) is 1. The van der Waals surface area contributed by atoms with Crippen LogP contribution in [0.1, 0.15) is 36.3 Å². The van der Waals surface area contributed by atoms with Crippen molar-refractivity contribution in [3.63, 3.8) is 0 Å². The molecule has 0 aliphatic rings. The molecule has 4 aromatic rings. The third-order valence-corrected chi connectivity index (χ3v) is 6.24. The van der Waals surface area contributed by atoms with Crippen LogP contribution >= 0.6 is 0 Å². The van der Waals surface area contributed by atoms with Gasteiger partial charge in [0.05, 0.1) is 17.7 Å². The summed E-state index contributed by atoms with van der Waals surface area (Å²) in [5.41, 5.74) is 5.95. The van der Waals surface area contributed by atoms with Crippen molar-refractivity contribution < 1.29 is 23.6 Å². The normalized spacial score (nSPS) is 11.1. The smallest absolute Gasteiger partial charge is 0.329 e. The van der Waals surface area contributed by atoms with E-state index in [1.807, 2.05) is 32.9 Å². The van der Waals surface area contributed by atoms with Gasteiger partial charge in [0.15, 0.2) is 0 Å². The number of unbranched alkanes of at least 4 members (excludes halogenated alkanes) is 2. The molecule has 0 aliphatic heterocycles. The van der Waals surface area contributed by atoms with E-state index in [-0.39, 0.29) is 12.4 Å². The van der Waals surface area contributed by atoms with Gasteiger partial charge in [0, 0.05) is 42.5 Å². The van der Waals surface area contributed by atoms with Gasteiger partial charge < -0.3 is 23.8 Å². The van der Waals surface area contributed by atoms with Crippen LogP contribution in [0.3, 0.4) is 0 Å². The number of carboxylic acids is 1. The van der Waals surface area contributed by atoms with E-state index in [4.69, 9.17) is 14.4 Å². The molecule has 0 radical (unpaired) electrons. The average molecular weight is 507 g/mol. The molecule has 8 nitrogen and oxygen atoms in total. The van der Waals surface area contributed by atoms with Crippen molar-refractivity contribution in [1.29, 1.82) is 0 Å². The Morgan fingerprint density at radius 3 is 2.65 bits per heavy atom. The third-order valence-electron chi connectivity index (χ3n) is 6.24. The lowest BCUT2D eigenvalue weighted by Crippen LogP contribution is -2.20. The molecule has 4 rings (SSSR count). The number of hydrogen-bond donors (Lipinski definition) is 1. The van der Waals surface area contributed by atoms with Gasteiger partial charge in [-0.05, 0) is 75.4 Å². The molecule has 2 aromatic carbocycles. The number of aromatic nitrogens is 3. The number of carbonyl (C=O) groups is 1. The summed E-state index contributed by atoms with van der Waals surface area (Å²) < 4.78 is 27.4. The average Bonchev–Trinajstić information content (AvgIpc) is 3.51. The molecule has 0 saturated heterocycles. The summed E-state index contributed by atoms with van der Waals surface area (Å²) >= 11 is 0. The highest BCUT2D eigenvalue weighted by molar-refractivity contribution is 5.76. The molecule has 0 aliphatic carbocycles. The van der Waals surface area contributed by atoms with Crippen LogP contribution < -0.4 is 4.90 Å². The van der Waals surface area contributed by atoms with Crippen molar-refractivity contribution in [1.82, 2.24) is 14.7 Å². The fraction of sp³-hybridized carbons (Fsp3) is 0.321. The van der Waals surface area contributed by atoms with Crippen molar-refractivity contribution in [2.24, 2.45) is 0 Å². The number of aliphatic carboxylic acids is 1. The monoisotopic (exact) mass is 506 g/mol. The summed E-state index contributed by atoms with van der Waals surface area (Å²) in [6, 6.07) is 11.4. The summed E-state index contributed by atoms with van der Waals surface area (Å²) in [6.45, 7) is 6.59. The number of anilines is 2. The van der Waals surface area contributed by atoms with E-state index in [1.54, 1.807) is 35.4 Å². The first-order valence-corrected chi connectivity index (χ1v) is 12.2. The highest BCUT2D eigenvalue weighted by atomic mass is 19.1. The van der Waals surface area contributed by atoms with Crippen LogP contribution in [0.15, 0.2) is 59.6 Å². The number of rotatable bonds is 12. The second-order valence-corrected chi connectivity index (χ2v) is 8.96. The van der Waals surface area contributed by atoms with Crippen LogP contribution in [-0.4, -0.2) is 45.5 Å². The highest BCUT2D eigenvalue weighted by Gasteiger charge is 2.18. The van der Waals surface area contributed by atoms with Crippen LogP contribution in [0.2, 0.25) is 0 Å². The van der Waals surface area contributed by atoms with E-state index < -0.39 is 5.97 Å². The second-order valence-electron chi connectivity index (χ2n) is 8.96. The van der Waals surface area contributed by atoms with Gasteiger partial charge in [-0.15, -0.1) is 0 Å². The molecule has 37 heavy (non-hydrogen) atoms. The van der Waals surface area contributed by atoms with E-state index in [2.05, 4.69) is 27.2 Å². The second kappa shape index (κ2) is 11.8. The summed E-state index contributed by atoms with van der Waals surface area (Å²) in [7, 11) is 0. The summed E-state index contributed by atoms with van der Waals surface area (Å²) in [5.74, 6) is -0.570. The van der Waals surface area contributed by atoms with E-state index in [0.29, 0.717) is 18.8 Å². The summed E-state index contributed by atoms with van der Waals surface area (Å²) in [6.07, 6.45) is 7.29. The molecule has 194 valence electrons. The van der Waals surface area contributed by atoms with Crippen molar-refractivity contribution in [2.75, 3.05) is 24.7 Å². The molecule has 0 unspecified atom stereocenters. The molecule has 0 atom stereocenters. The fourth-order valence-electron chi connectivity index (χ4n) is 4.42. The van der Waals surface area contributed by atoms with Gasteiger partial charge in [0.2, 0.25) is 0 Å². The largest absolute Gasteiger partial charge is 0.480 e. The van der Waals surface area contributed by atoms with E-state index in [0.717, 1.165) is 58.8 Å². The maximum absolute atomic E-state index is 15.2. The van der Waals surface area contributed by atoms with Gasteiger partial charge in [-0.1, -0.05) is 17.3 Å². The molecule has 0 amide bonds. The molecule has 0 fully saturated rings. The lowest BCUT2D eigenvalue weighted by atomic mass is 10.0. The zero-order chi connectivity index (χ0) is 26.4. The molecule has 2 aromatic heterocycles. The Morgan fingerprint density at radius 1 is 1.14 bits per heavy atom. The lowest BCUT2D eigenvalue weighted by molar-refractivity contribution is -0.142. The van der Waals surface area contributed by atoms with Crippen LogP contribution in [0, 0.1) is 26.6 Å². The minimum absolute atomic E-state index is 0.289. The van der Waals surface area contributed by atoms with Crippen molar-refractivity contribution >= 4 is 17.3 Å². The Bertz CT molecular complexity index is 1330. The molecule has 0 saturated carbocycles. The number of aryl methyl sites for hydroxylation is 3. The summed E-state index contributed by atoms with van der Waals surface area (Å²) in [4.78, 5) is 16.8. The number of nitrogens with zero attached hydrogens (tertiary/aromatic N) is 4. The summed E-state index contributed by atoms with van der Waals surface area (Å²) in [5, 5.41) is 12.8. The first-order chi connectivity index (χ1) is 17.8. The maximum Gasteiger partial charge on any atom is 0.329 e. The first kappa shape index (κ1) is 26.1. The predicted molar refractivity (Wildman–Crippen MR) is 139 cm³/mol. The van der Waals surface area contributed by atoms with Gasteiger partial charge >= 0.3 is 5.97 Å². The molecule has 0 bridgehead atoms. The van der Waals surface area contributed by atoms with Crippen LogP contribution in [-0.2, 0) is 9.53 Å². The maximum atomic E-state index is 15.2. The molecular weight excluding hydrogens is 475 g/mol. The minimum Gasteiger partial charge on any atom is -0.480 e. The minimum atomic E-state index is -0.971. The van der Waals surface area contributed by atoms with Gasteiger partial charge in [0.1, 0.15) is 18.2 Å². The van der Waals surface area contributed by atoms with Gasteiger partial charge in [0.25, 0.3) is 0 Å². The Balaban J connectivity index is 1.62. The quantitative estimate of drug-likeness (QED) is 0.236. The zero-order valence-corrected chi connectivity index (χ0v) is 21.3. The van der Waals surface area contributed by atoms with Crippen LogP contribution in [0.4, 0.5) is 15.8 Å². The predicted octanol–water partition coefficient (Wildman–Crippen LogP) is 6.00. The van der Waals surface area contributed by atoms with Crippen molar-refractivity contribution in [3.05, 3.63) is 78.0 Å². The number of benzene rings is 2. The molecular formula is C28H31FN4O4.